The molecule has 0 aliphatic heterocycles. The predicted octanol–water partition coefficient (Wildman–Crippen LogP) is 4.93. The first-order chi connectivity index (χ1) is 11.2. The number of halogens is 1. The van der Waals surface area contributed by atoms with E-state index >= 15 is 0 Å². The summed E-state index contributed by atoms with van der Waals surface area (Å²) in [5, 5.41) is 6.97. The smallest absolute Gasteiger partial charge is 0.244 e. The van der Waals surface area contributed by atoms with Gasteiger partial charge in [0.2, 0.25) is 5.91 Å². The number of benzene rings is 2. The van der Waals surface area contributed by atoms with Crippen molar-refractivity contribution >= 4 is 45.0 Å². The molecule has 0 atom stereocenters. The molecule has 0 saturated carbocycles. The minimum atomic E-state index is -0.0774. The Morgan fingerprint density at radius 1 is 1.17 bits per heavy atom. The molecule has 3 rings (SSSR count). The zero-order chi connectivity index (χ0) is 16.1. The molecule has 0 aliphatic carbocycles. The average Bonchev–Trinajstić information content (AvgIpc) is 2.96. The third kappa shape index (κ3) is 4.21. The molecule has 0 spiro atoms. The monoisotopic (exact) mass is 341 g/mol. The van der Waals surface area contributed by atoms with Crippen LogP contribution in [0.3, 0.4) is 0 Å². The standard InChI is InChI=1S/C19H16ClNOS/c20-16-7-8-18-17(12-16)15(13-23-18)10-11-21-19(22)9-6-14-4-2-1-3-5-14/h1-9,12-13H,10-11H2,(H,21,22)/b9-6+. The lowest BCUT2D eigenvalue weighted by molar-refractivity contribution is -0.116. The molecule has 0 unspecified atom stereocenters. The van der Waals surface area contributed by atoms with Crippen LogP contribution >= 0.6 is 22.9 Å². The number of fused-ring (bicyclic) bond motifs is 1. The molecule has 0 bridgehead atoms. The normalized spacial score (nSPS) is 11.2. The van der Waals surface area contributed by atoms with Gasteiger partial charge in [0.15, 0.2) is 0 Å². The highest BCUT2D eigenvalue weighted by Gasteiger charge is 2.05. The van der Waals surface area contributed by atoms with Crippen LogP contribution in [0.2, 0.25) is 5.02 Å². The fourth-order valence-electron chi connectivity index (χ4n) is 2.36. The van der Waals surface area contributed by atoms with E-state index in [2.05, 4.69) is 10.7 Å². The first-order valence-electron chi connectivity index (χ1n) is 7.39. The zero-order valence-corrected chi connectivity index (χ0v) is 14.0. The van der Waals surface area contributed by atoms with Crippen molar-refractivity contribution in [2.24, 2.45) is 0 Å². The Labute approximate surface area is 144 Å². The van der Waals surface area contributed by atoms with Crippen LogP contribution in [0.25, 0.3) is 16.2 Å². The van der Waals surface area contributed by atoms with E-state index in [4.69, 9.17) is 11.6 Å². The van der Waals surface area contributed by atoms with E-state index in [-0.39, 0.29) is 5.91 Å². The van der Waals surface area contributed by atoms with Gasteiger partial charge in [0.1, 0.15) is 0 Å². The number of carbonyl (C=O) groups excluding carboxylic acids is 1. The molecule has 1 aromatic heterocycles. The van der Waals surface area contributed by atoms with E-state index in [1.165, 1.54) is 15.6 Å². The van der Waals surface area contributed by atoms with Crippen LogP contribution in [0, 0.1) is 0 Å². The number of thiophene rings is 1. The molecule has 0 saturated heterocycles. The van der Waals surface area contributed by atoms with E-state index in [0.29, 0.717) is 6.54 Å². The van der Waals surface area contributed by atoms with Crippen molar-refractivity contribution in [1.29, 1.82) is 0 Å². The Morgan fingerprint density at radius 3 is 2.83 bits per heavy atom. The van der Waals surface area contributed by atoms with Crippen molar-refractivity contribution in [3.8, 4) is 0 Å². The summed E-state index contributed by atoms with van der Waals surface area (Å²) in [6, 6.07) is 15.7. The zero-order valence-electron chi connectivity index (χ0n) is 12.5. The highest BCUT2D eigenvalue weighted by molar-refractivity contribution is 7.17. The fraction of sp³-hybridized carbons (Fsp3) is 0.105. The van der Waals surface area contributed by atoms with Gasteiger partial charge in [-0.15, -0.1) is 11.3 Å². The maximum atomic E-state index is 11.8. The average molecular weight is 342 g/mol. The lowest BCUT2D eigenvalue weighted by Gasteiger charge is -2.02. The molecule has 23 heavy (non-hydrogen) atoms. The van der Waals surface area contributed by atoms with Crippen LogP contribution in [0.15, 0.2) is 60.0 Å². The number of nitrogens with one attached hydrogen (secondary N) is 1. The lowest BCUT2D eigenvalue weighted by atomic mass is 10.1. The van der Waals surface area contributed by atoms with Crippen LogP contribution in [-0.2, 0) is 11.2 Å². The second kappa shape index (κ2) is 7.44. The molecule has 2 nitrogen and oxygen atoms in total. The quantitative estimate of drug-likeness (QED) is 0.655. The Balaban J connectivity index is 1.55. The molecule has 116 valence electrons. The molecule has 4 heteroatoms. The lowest BCUT2D eigenvalue weighted by Crippen LogP contribution is -2.23. The minimum absolute atomic E-state index is 0.0774. The number of amides is 1. The first-order valence-corrected chi connectivity index (χ1v) is 8.65. The van der Waals surface area contributed by atoms with Crippen LogP contribution < -0.4 is 5.32 Å². The third-order valence-electron chi connectivity index (χ3n) is 3.54. The second-order valence-electron chi connectivity index (χ2n) is 5.19. The van der Waals surface area contributed by atoms with Crippen LogP contribution in [0.4, 0.5) is 0 Å². The van der Waals surface area contributed by atoms with E-state index in [0.717, 1.165) is 17.0 Å². The summed E-state index contributed by atoms with van der Waals surface area (Å²) in [6.07, 6.45) is 4.18. The summed E-state index contributed by atoms with van der Waals surface area (Å²) >= 11 is 7.76. The topological polar surface area (TPSA) is 29.1 Å². The van der Waals surface area contributed by atoms with Crippen molar-refractivity contribution in [2.45, 2.75) is 6.42 Å². The summed E-state index contributed by atoms with van der Waals surface area (Å²) in [7, 11) is 0. The molecule has 3 aromatic rings. The van der Waals surface area contributed by atoms with Gasteiger partial charge in [-0.05, 0) is 52.6 Å². The summed E-state index contributed by atoms with van der Waals surface area (Å²) in [5.41, 5.74) is 2.24. The highest BCUT2D eigenvalue weighted by atomic mass is 35.5. The van der Waals surface area contributed by atoms with Crippen LogP contribution in [0.5, 0.6) is 0 Å². The fourth-order valence-corrected chi connectivity index (χ4v) is 3.51. The summed E-state index contributed by atoms with van der Waals surface area (Å²) < 4.78 is 1.22. The summed E-state index contributed by atoms with van der Waals surface area (Å²) in [5.74, 6) is -0.0774. The van der Waals surface area contributed by atoms with Crippen molar-refractivity contribution in [2.75, 3.05) is 6.54 Å². The number of rotatable bonds is 5. The van der Waals surface area contributed by atoms with Gasteiger partial charge in [-0.2, -0.15) is 0 Å². The Hall–Kier alpha value is -2.10. The van der Waals surface area contributed by atoms with Gasteiger partial charge in [0.25, 0.3) is 0 Å². The largest absolute Gasteiger partial charge is 0.352 e. The molecule has 1 N–H and O–H groups in total. The van der Waals surface area contributed by atoms with Crippen LogP contribution in [0.1, 0.15) is 11.1 Å². The van der Waals surface area contributed by atoms with Gasteiger partial charge in [0, 0.05) is 22.3 Å². The highest BCUT2D eigenvalue weighted by Crippen LogP contribution is 2.28. The van der Waals surface area contributed by atoms with E-state index in [9.17, 15) is 4.79 Å². The van der Waals surface area contributed by atoms with Gasteiger partial charge in [0.05, 0.1) is 0 Å². The van der Waals surface area contributed by atoms with Gasteiger partial charge < -0.3 is 5.32 Å². The van der Waals surface area contributed by atoms with Crippen LogP contribution in [-0.4, -0.2) is 12.5 Å². The number of hydrogen-bond acceptors (Lipinski definition) is 2. The van der Waals surface area contributed by atoms with E-state index < -0.39 is 0 Å². The molecular weight excluding hydrogens is 326 g/mol. The van der Waals surface area contributed by atoms with Gasteiger partial charge >= 0.3 is 0 Å². The van der Waals surface area contributed by atoms with Gasteiger partial charge in [-0.1, -0.05) is 41.9 Å². The Kier molecular flexibility index (Phi) is 5.11. The van der Waals surface area contributed by atoms with Crippen molar-refractivity contribution in [1.82, 2.24) is 5.32 Å². The predicted molar refractivity (Wildman–Crippen MR) is 99.0 cm³/mol. The van der Waals surface area contributed by atoms with Crippen molar-refractivity contribution < 1.29 is 4.79 Å². The molecule has 2 aromatic carbocycles. The number of hydrogen-bond donors (Lipinski definition) is 1. The van der Waals surface area contributed by atoms with E-state index in [1.54, 1.807) is 17.4 Å². The summed E-state index contributed by atoms with van der Waals surface area (Å²) in [6.45, 7) is 0.607. The molecule has 1 amide bonds. The van der Waals surface area contributed by atoms with E-state index in [1.807, 2.05) is 54.6 Å². The van der Waals surface area contributed by atoms with Crippen molar-refractivity contribution in [3.63, 3.8) is 0 Å². The SMILES string of the molecule is O=C(/C=C/c1ccccc1)NCCc1csc2ccc(Cl)cc12. The van der Waals surface area contributed by atoms with Gasteiger partial charge in [-0.3, -0.25) is 4.79 Å². The second-order valence-corrected chi connectivity index (χ2v) is 6.53. The maximum absolute atomic E-state index is 11.8. The van der Waals surface area contributed by atoms with Crippen molar-refractivity contribution in [3.05, 3.63) is 76.1 Å². The molecule has 0 fully saturated rings. The Bertz CT molecular complexity index is 839. The maximum Gasteiger partial charge on any atom is 0.244 e. The molecular formula is C19H16ClNOS. The minimum Gasteiger partial charge on any atom is -0.352 e. The van der Waals surface area contributed by atoms with Gasteiger partial charge in [-0.25, -0.2) is 0 Å². The Morgan fingerprint density at radius 2 is 2.00 bits per heavy atom. The molecule has 0 aliphatic rings. The summed E-state index contributed by atoms with van der Waals surface area (Å²) in [4.78, 5) is 11.8. The molecule has 0 radical (unpaired) electrons. The number of carbonyl (C=O) groups is 1. The molecule has 1 heterocycles. The first kappa shape index (κ1) is 15.8. The third-order valence-corrected chi connectivity index (χ3v) is 4.78.